The van der Waals surface area contributed by atoms with Gasteiger partial charge in [0.1, 0.15) is 13.1 Å². The molecule has 2 aromatic rings. The van der Waals surface area contributed by atoms with E-state index in [2.05, 4.69) is 47.5 Å². The zero-order valence-electron chi connectivity index (χ0n) is 12.4. The van der Waals surface area contributed by atoms with E-state index in [1.165, 1.54) is 48.2 Å². The average molecular weight is 266 g/mol. The fourth-order valence-electron chi connectivity index (χ4n) is 3.94. The van der Waals surface area contributed by atoms with Gasteiger partial charge in [0.25, 0.3) is 11.4 Å². The fraction of sp³-hybridized carbons (Fsp3) is 0.444. The van der Waals surface area contributed by atoms with E-state index < -0.39 is 0 Å². The van der Waals surface area contributed by atoms with Crippen molar-refractivity contribution in [2.24, 2.45) is 0 Å². The number of hydrogen-bond acceptors (Lipinski definition) is 0. The van der Waals surface area contributed by atoms with Gasteiger partial charge in [-0.25, -0.2) is 0 Å². The van der Waals surface area contributed by atoms with Gasteiger partial charge in [0, 0.05) is 35.1 Å². The van der Waals surface area contributed by atoms with Crippen LogP contribution in [0.1, 0.15) is 35.1 Å². The van der Waals surface area contributed by atoms with Crippen molar-refractivity contribution < 1.29 is 9.13 Å². The second-order valence-electron chi connectivity index (χ2n) is 6.38. The van der Waals surface area contributed by atoms with Crippen LogP contribution in [0.15, 0.2) is 24.5 Å². The van der Waals surface area contributed by atoms with E-state index in [1.54, 1.807) is 11.1 Å². The van der Waals surface area contributed by atoms with Gasteiger partial charge in [0.2, 0.25) is 0 Å². The average Bonchev–Trinajstić information content (AvgIpc) is 2.67. The van der Waals surface area contributed by atoms with Crippen LogP contribution in [0.25, 0.3) is 11.4 Å². The molecule has 0 saturated heterocycles. The minimum absolute atomic E-state index is 1.15. The molecular formula is C18H22N2+2. The third-order valence-electron chi connectivity index (χ3n) is 4.62. The first-order valence-electron chi connectivity index (χ1n) is 7.79. The lowest BCUT2D eigenvalue weighted by Gasteiger charge is -2.06. The molecule has 2 heteroatoms. The van der Waals surface area contributed by atoms with Gasteiger partial charge in [-0.1, -0.05) is 0 Å². The standard InChI is InChI=1S/C18H22N2/c1-13-9-15-5-3-8-20-12-14(2)10-16-6-4-7-19(11-13)17(15)18(16)20/h9-12H,3-8H2,1-2H3/q+2. The second-order valence-corrected chi connectivity index (χ2v) is 6.38. The lowest BCUT2D eigenvalue weighted by molar-refractivity contribution is -0.712. The quantitative estimate of drug-likeness (QED) is 0.647. The van der Waals surface area contributed by atoms with Crippen molar-refractivity contribution in [3.05, 3.63) is 46.8 Å². The van der Waals surface area contributed by atoms with Gasteiger partial charge in [-0.05, 0) is 38.8 Å². The Bertz CT molecular complexity index is 589. The van der Waals surface area contributed by atoms with E-state index in [4.69, 9.17) is 0 Å². The molecule has 0 fully saturated rings. The first-order chi connectivity index (χ1) is 9.72. The van der Waals surface area contributed by atoms with E-state index in [9.17, 15) is 0 Å². The van der Waals surface area contributed by atoms with Crippen LogP contribution >= 0.6 is 0 Å². The van der Waals surface area contributed by atoms with Crippen LogP contribution in [-0.2, 0) is 25.9 Å². The van der Waals surface area contributed by atoms with E-state index >= 15 is 0 Å². The molecule has 0 unspecified atom stereocenters. The highest BCUT2D eigenvalue weighted by Crippen LogP contribution is 2.28. The lowest BCUT2D eigenvalue weighted by atomic mass is 10.0. The van der Waals surface area contributed by atoms with Crippen LogP contribution in [0.5, 0.6) is 0 Å². The highest BCUT2D eigenvalue weighted by molar-refractivity contribution is 5.58. The molecule has 2 aliphatic rings. The molecule has 2 aromatic heterocycles. The van der Waals surface area contributed by atoms with Crippen LogP contribution in [0.4, 0.5) is 0 Å². The monoisotopic (exact) mass is 266 g/mol. The van der Waals surface area contributed by atoms with Crippen LogP contribution < -0.4 is 9.13 Å². The molecule has 2 aliphatic heterocycles. The molecule has 4 heterocycles. The topological polar surface area (TPSA) is 7.76 Å². The molecule has 0 bridgehead atoms. The Labute approximate surface area is 120 Å². The first kappa shape index (κ1) is 12.1. The number of pyridine rings is 2. The third-order valence-corrected chi connectivity index (χ3v) is 4.62. The molecule has 0 aliphatic carbocycles. The number of hydrogen-bond donors (Lipinski definition) is 0. The van der Waals surface area contributed by atoms with Crippen LogP contribution in [0.2, 0.25) is 0 Å². The minimum atomic E-state index is 1.15. The number of rotatable bonds is 0. The Morgan fingerprint density at radius 3 is 1.65 bits per heavy atom. The normalized spacial score (nSPS) is 16.3. The SMILES string of the molecule is Cc1cc2c3[n+](c1)CCCc1cc(C)c[n+](c1-3)CCC2. The zero-order valence-corrected chi connectivity index (χ0v) is 12.4. The van der Waals surface area contributed by atoms with Gasteiger partial charge in [-0.3, -0.25) is 0 Å². The molecule has 0 amide bonds. The summed E-state index contributed by atoms with van der Waals surface area (Å²) in [6.45, 7) is 6.75. The molecule has 20 heavy (non-hydrogen) atoms. The van der Waals surface area contributed by atoms with Gasteiger partial charge in [-0.2, -0.15) is 9.13 Å². The largest absolute Gasteiger partial charge is 0.280 e. The van der Waals surface area contributed by atoms with Gasteiger partial charge < -0.3 is 0 Å². The number of aryl methyl sites for hydroxylation is 6. The van der Waals surface area contributed by atoms with Crippen molar-refractivity contribution in [2.75, 3.05) is 0 Å². The van der Waals surface area contributed by atoms with Crippen molar-refractivity contribution in [3.8, 4) is 11.4 Å². The maximum Gasteiger partial charge on any atom is 0.280 e. The molecule has 0 aromatic carbocycles. The van der Waals surface area contributed by atoms with Gasteiger partial charge in [-0.15, -0.1) is 0 Å². The van der Waals surface area contributed by atoms with Crippen molar-refractivity contribution in [3.63, 3.8) is 0 Å². The van der Waals surface area contributed by atoms with E-state index in [1.807, 2.05) is 0 Å². The molecule has 0 radical (unpaired) electrons. The van der Waals surface area contributed by atoms with E-state index in [-0.39, 0.29) is 0 Å². The van der Waals surface area contributed by atoms with Gasteiger partial charge in [0.15, 0.2) is 12.4 Å². The van der Waals surface area contributed by atoms with Crippen LogP contribution in [-0.4, -0.2) is 0 Å². The Hall–Kier alpha value is -1.70. The lowest BCUT2D eigenvalue weighted by Crippen LogP contribution is -2.42. The summed E-state index contributed by atoms with van der Waals surface area (Å²) in [6.07, 6.45) is 9.58. The van der Waals surface area contributed by atoms with Crippen LogP contribution in [0, 0.1) is 13.8 Å². The number of aromatic nitrogens is 2. The predicted molar refractivity (Wildman–Crippen MR) is 78.4 cm³/mol. The molecule has 0 saturated carbocycles. The summed E-state index contributed by atoms with van der Waals surface area (Å²) in [6, 6.07) is 4.80. The summed E-state index contributed by atoms with van der Waals surface area (Å²) in [5, 5.41) is 0. The summed E-state index contributed by atoms with van der Waals surface area (Å²) in [5.74, 6) is 0. The molecule has 102 valence electrons. The van der Waals surface area contributed by atoms with Crippen molar-refractivity contribution >= 4 is 0 Å². The maximum absolute atomic E-state index is 2.51. The summed E-state index contributed by atoms with van der Waals surface area (Å²) in [5.41, 5.74) is 8.85. The Kier molecular flexibility index (Phi) is 2.66. The summed E-state index contributed by atoms with van der Waals surface area (Å²) < 4.78 is 5.02. The minimum Gasteiger partial charge on any atom is -0.193 e. The van der Waals surface area contributed by atoms with Crippen molar-refractivity contribution in [1.82, 2.24) is 0 Å². The fourth-order valence-corrected chi connectivity index (χ4v) is 3.94. The summed E-state index contributed by atoms with van der Waals surface area (Å²) in [4.78, 5) is 0. The maximum atomic E-state index is 2.51. The Balaban J connectivity index is 2.11. The predicted octanol–water partition coefficient (Wildman–Crippen LogP) is 2.44. The molecule has 4 rings (SSSR count). The summed E-state index contributed by atoms with van der Waals surface area (Å²) >= 11 is 0. The molecule has 2 nitrogen and oxygen atoms in total. The first-order valence-corrected chi connectivity index (χ1v) is 7.79. The molecule has 0 N–H and O–H groups in total. The van der Waals surface area contributed by atoms with E-state index in [0.717, 1.165) is 13.1 Å². The molecule has 0 spiro atoms. The highest BCUT2D eigenvalue weighted by Gasteiger charge is 2.34. The smallest absolute Gasteiger partial charge is 0.193 e. The van der Waals surface area contributed by atoms with Gasteiger partial charge >= 0.3 is 0 Å². The highest BCUT2D eigenvalue weighted by atomic mass is 15.0. The third kappa shape index (κ3) is 1.78. The molecule has 0 atom stereocenters. The van der Waals surface area contributed by atoms with Crippen LogP contribution in [0.3, 0.4) is 0 Å². The Morgan fingerprint density at radius 2 is 1.20 bits per heavy atom. The number of nitrogens with zero attached hydrogens (tertiary/aromatic N) is 2. The zero-order chi connectivity index (χ0) is 13.7. The van der Waals surface area contributed by atoms with E-state index in [0.29, 0.717) is 0 Å². The second kappa shape index (κ2) is 4.41. The summed E-state index contributed by atoms with van der Waals surface area (Å²) in [7, 11) is 0. The van der Waals surface area contributed by atoms with Crippen molar-refractivity contribution in [1.29, 1.82) is 0 Å². The molecular weight excluding hydrogens is 244 g/mol. The Morgan fingerprint density at radius 1 is 0.750 bits per heavy atom. The van der Waals surface area contributed by atoms with Crippen molar-refractivity contribution in [2.45, 2.75) is 52.6 Å². The van der Waals surface area contributed by atoms with Gasteiger partial charge in [0.05, 0.1) is 0 Å².